The number of rotatable bonds is 9. The topological polar surface area (TPSA) is 24.5 Å². The van der Waals surface area contributed by atoms with Crippen molar-refractivity contribution in [2.24, 2.45) is 5.92 Å². The van der Waals surface area contributed by atoms with Gasteiger partial charge in [0.2, 0.25) is 0 Å². The fourth-order valence-electron chi connectivity index (χ4n) is 2.62. The highest BCUT2D eigenvalue weighted by Gasteiger charge is 2.21. The van der Waals surface area contributed by atoms with Crippen LogP contribution in [0.2, 0.25) is 0 Å². The third-order valence-corrected chi connectivity index (χ3v) is 3.64. The highest BCUT2D eigenvalue weighted by Crippen LogP contribution is 2.13. The Balaban J connectivity index is 2.25. The van der Waals surface area contributed by atoms with Crippen LogP contribution in [0.25, 0.3) is 0 Å². The summed E-state index contributed by atoms with van der Waals surface area (Å²) in [6.07, 6.45) is 5.26. The first-order chi connectivity index (χ1) is 8.74. The highest BCUT2D eigenvalue weighted by atomic mass is 16.5. The first-order valence-electron chi connectivity index (χ1n) is 7.76. The Morgan fingerprint density at radius 3 is 2.50 bits per heavy atom. The van der Waals surface area contributed by atoms with Gasteiger partial charge in [0, 0.05) is 25.7 Å². The molecule has 1 unspecified atom stereocenters. The number of hydrogen-bond donors (Lipinski definition) is 1. The molecule has 108 valence electrons. The summed E-state index contributed by atoms with van der Waals surface area (Å²) in [5.74, 6) is 0.773. The van der Waals surface area contributed by atoms with Gasteiger partial charge in [-0.05, 0) is 25.3 Å². The van der Waals surface area contributed by atoms with Crippen LogP contribution in [0.15, 0.2) is 0 Å². The van der Waals surface area contributed by atoms with E-state index in [9.17, 15) is 0 Å². The summed E-state index contributed by atoms with van der Waals surface area (Å²) in [6.45, 7) is 13.2. The maximum Gasteiger partial charge on any atom is 0.0594 e. The summed E-state index contributed by atoms with van der Waals surface area (Å²) in [6, 6.07) is 0.690. The fraction of sp³-hybridized carbons (Fsp3) is 1.00. The van der Waals surface area contributed by atoms with E-state index in [2.05, 4.69) is 31.0 Å². The number of unbranched alkanes of at least 4 members (excludes halogenated alkanes) is 2. The Morgan fingerprint density at radius 2 is 1.89 bits per heavy atom. The molecule has 1 saturated heterocycles. The zero-order valence-corrected chi connectivity index (χ0v) is 12.6. The maximum atomic E-state index is 5.45. The van der Waals surface area contributed by atoms with Crippen LogP contribution < -0.4 is 5.32 Å². The summed E-state index contributed by atoms with van der Waals surface area (Å²) in [5.41, 5.74) is 0. The van der Waals surface area contributed by atoms with E-state index in [1.54, 1.807) is 0 Å². The molecule has 1 rings (SSSR count). The van der Waals surface area contributed by atoms with E-state index < -0.39 is 0 Å². The molecule has 0 amide bonds. The third kappa shape index (κ3) is 6.72. The lowest BCUT2D eigenvalue weighted by molar-refractivity contribution is 0.0124. The van der Waals surface area contributed by atoms with Gasteiger partial charge in [-0.15, -0.1) is 0 Å². The molecular formula is C15H32N2O. The monoisotopic (exact) mass is 256 g/mol. The molecule has 0 aliphatic carbocycles. The first-order valence-corrected chi connectivity index (χ1v) is 7.76. The van der Waals surface area contributed by atoms with E-state index in [0.717, 1.165) is 38.8 Å². The minimum atomic E-state index is 0.690. The van der Waals surface area contributed by atoms with Gasteiger partial charge in [-0.1, -0.05) is 33.6 Å². The van der Waals surface area contributed by atoms with Gasteiger partial charge in [0.15, 0.2) is 0 Å². The quantitative estimate of drug-likeness (QED) is 0.642. The zero-order valence-electron chi connectivity index (χ0n) is 12.6. The van der Waals surface area contributed by atoms with Crippen LogP contribution in [0.3, 0.4) is 0 Å². The van der Waals surface area contributed by atoms with Crippen LogP contribution in [-0.4, -0.2) is 50.3 Å². The van der Waals surface area contributed by atoms with Gasteiger partial charge in [-0.2, -0.15) is 0 Å². The average molecular weight is 256 g/mol. The van der Waals surface area contributed by atoms with Crippen molar-refractivity contribution in [2.75, 3.05) is 39.4 Å². The van der Waals surface area contributed by atoms with Crippen LogP contribution >= 0.6 is 0 Å². The normalized spacial score (nSPS) is 19.3. The van der Waals surface area contributed by atoms with E-state index in [1.165, 1.54) is 32.2 Å². The molecule has 3 nitrogen and oxygen atoms in total. The Labute approximate surface area is 113 Å². The van der Waals surface area contributed by atoms with E-state index in [0.29, 0.717) is 6.04 Å². The highest BCUT2D eigenvalue weighted by molar-refractivity contribution is 4.77. The van der Waals surface area contributed by atoms with E-state index >= 15 is 0 Å². The Bertz CT molecular complexity index is 191. The lowest BCUT2D eigenvalue weighted by atomic mass is 10.0. The molecule has 3 heteroatoms. The molecule has 0 aromatic carbocycles. The number of hydrogen-bond acceptors (Lipinski definition) is 3. The second kappa shape index (κ2) is 9.76. The fourth-order valence-corrected chi connectivity index (χ4v) is 2.62. The van der Waals surface area contributed by atoms with Crippen molar-refractivity contribution in [1.29, 1.82) is 0 Å². The van der Waals surface area contributed by atoms with Gasteiger partial charge < -0.3 is 10.1 Å². The Kier molecular flexibility index (Phi) is 8.64. The van der Waals surface area contributed by atoms with E-state index in [1.807, 2.05) is 0 Å². The minimum Gasteiger partial charge on any atom is -0.379 e. The number of ether oxygens (including phenoxy) is 1. The predicted molar refractivity (Wildman–Crippen MR) is 78.0 cm³/mol. The predicted octanol–water partition coefficient (Wildman–Crippen LogP) is 2.51. The molecule has 1 atom stereocenters. The summed E-state index contributed by atoms with van der Waals surface area (Å²) >= 11 is 0. The van der Waals surface area contributed by atoms with Gasteiger partial charge in [0.25, 0.3) is 0 Å². The third-order valence-electron chi connectivity index (χ3n) is 3.64. The van der Waals surface area contributed by atoms with Gasteiger partial charge in [-0.25, -0.2) is 0 Å². The van der Waals surface area contributed by atoms with Crippen LogP contribution in [-0.2, 0) is 4.74 Å². The van der Waals surface area contributed by atoms with Gasteiger partial charge in [0.1, 0.15) is 0 Å². The minimum absolute atomic E-state index is 0.690. The molecule has 1 aliphatic rings. The molecule has 1 heterocycles. The molecule has 18 heavy (non-hydrogen) atoms. The lowest BCUT2D eigenvalue weighted by Crippen LogP contribution is -2.48. The molecule has 0 bridgehead atoms. The summed E-state index contributed by atoms with van der Waals surface area (Å²) in [7, 11) is 0. The summed E-state index contributed by atoms with van der Waals surface area (Å²) < 4.78 is 5.45. The van der Waals surface area contributed by atoms with Crippen molar-refractivity contribution in [3.63, 3.8) is 0 Å². The summed E-state index contributed by atoms with van der Waals surface area (Å²) in [4.78, 5) is 2.61. The van der Waals surface area contributed by atoms with Crippen LogP contribution in [0.4, 0.5) is 0 Å². The molecule has 1 N–H and O–H groups in total. The van der Waals surface area contributed by atoms with E-state index in [4.69, 9.17) is 4.74 Å². The number of nitrogens with zero attached hydrogens (tertiary/aromatic N) is 1. The average Bonchev–Trinajstić information content (AvgIpc) is 2.38. The first kappa shape index (κ1) is 15.9. The standard InChI is InChI=1S/C15H32N2O/c1-4-5-6-7-16-13-15(12-14(2)3)17-8-10-18-11-9-17/h14-16H,4-13H2,1-3H3. The second-order valence-corrected chi connectivity index (χ2v) is 5.84. The smallest absolute Gasteiger partial charge is 0.0594 e. The van der Waals surface area contributed by atoms with Crippen molar-refractivity contribution >= 4 is 0 Å². The largest absolute Gasteiger partial charge is 0.379 e. The Hall–Kier alpha value is -0.120. The van der Waals surface area contributed by atoms with Gasteiger partial charge >= 0.3 is 0 Å². The number of nitrogens with one attached hydrogen (secondary N) is 1. The van der Waals surface area contributed by atoms with Crippen molar-refractivity contribution in [3.05, 3.63) is 0 Å². The molecular weight excluding hydrogens is 224 g/mol. The maximum absolute atomic E-state index is 5.45. The Morgan fingerprint density at radius 1 is 1.17 bits per heavy atom. The van der Waals surface area contributed by atoms with E-state index in [-0.39, 0.29) is 0 Å². The molecule has 0 spiro atoms. The second-order valence-electron chi connectivity index (χ2n) is 5.84. The summed E-state index contributed by atoms with van der Waals surface area (Å²) in [5, 5.41) is 3.64. The molecule has 1 aliphatic heterocycles. The number of morpholine rings is 1. The van der Waals surface area contributed by atoms with Gasteiger partial charge in [-0.3, -0.25) is 4.90 Å². The molecule has 0 saturated carbocycles. The van der Waals surface area contributed by atoms with Crippen LogP contribution in [0.5, 0.6) is 0 Å². The zero-order chi connectivity index (χ0) is 13.2. The van der Waals surface area contributed by atoms with Crippen molar-refractivity contribution in [2.45, 2.75) is 52.5 Å². The lowest BCUT2D eigenvalue weighted by Gasteiger charge is -2.35. The van der Waals surface area contributed by atoms with Crippen molar-refractivity contribution < 1.29 is 4.74 Å². The molecule has 0 aromatic rings. The molecule has 0 aromatic heterocycles. The molecule has 1 fully saturated rings. The van der Waals surface area contributed by atoms with Crippen LogP contribution in [0.1, 0.15) is 46.5 Å². The SMILES string of the molecule is CCCCCNCC(CC(C)C)N1CCOCC1. The molecule has 0 radical (unpaired) electrons. The van der Waals surface area contributed by atoms with Gasteiger partial charge in [0.05, 0.1) is 13.2 Å². The van der Waals surface area contributed by atoms with Crippen LogP contribution in [0, 0.1) is 5.92 Å². The van der Waals surface area contributed by atoms with Crippen molar-refractivity contribution in [1.82, 2.24) is 10.2 Å². The van der Waals surface area contributed by atoms with Crippen molar-refractivity contribution in [3.8, 4) is 0 Å².